The zero-order chi connectivity index (χ0) is 15.3. The van der Waals surface area contributed by atoms with E-state index in [1.54, 1.807) is 16.8 Å². The normalized spacial score (nSPS) is 13.6. The summed E-state index contributed by atoms with van der Waals surface area (Å²) >= 11 is 0. The minimum absolute atomic E-state index is 0.418. The highest BCUT2D eigenvalue weighted by Gasteiger charge is 2.23. The molecule has 1 aliphatic heterocycles. The van der Waals surface area contributed by atoms with Crippen LogP contribution in [0.5, 0.6) is 0 Å². The standard InChI is InChI=1S/C17H16N4O/c1-20-15-8-11(16(18)22)6-7-14(15)17(19-20)21-9-12-4-2-3-5-13(12)10-21/h2-8H,9-10H2,1H3,(H2,18,22). The maximum Gasteiger partial charge on any atom is 0.248 e. The van der Waals surface area contributed by atoms with Gasteiger partial charge < -0.3 is 10.6 Å². The zero-order valence-corrected chi connectivity index (χ0v) is 12.3. The van der Waals surface area contributed by atoms with Crippen molar-refractivity contribution in [1.82, 2.24) is 9.78 Å². The van der Waals surface area contributed by atoms with Gasteiger partial charge in [0.2, 0.25) is 5.91 Å². The highest BCUT2D eigenvalue weighted by atomic mass is 16.1. The van der Waals surface area contributed by atoms with Crippen LogP contribution in [-0.2, 0) is 20.1 Å². The van der Waals surface area contributed by atoms with Gasteiger partial charge >= 0.3 is 0 Å². The van der Waals surface area contributed by atoms with Crippen LogP contribution >= 0.6 is 0 Å². The van der Waals surface area contributed by atoms with Crippen molar-refractivity contribution < 1.29 is 4.79 Å². The number of hydrogen-bond donors (Lipinski definition) is 1. The maximum atomic E-state index is 11.3. The Kier molecular flexibility index (Phi) is 2.69. The minimum atomic E-state index is -0.418. The molecule has 5 nitrogen and oxygen atoms in total. The van der Waals surface area contributed by atoms with Crippen LogP contribution in [0.4, 0.5) is 5.82 Å². The van der Waals surface area contributed by atoms with E-state index < -0.39 is 5.91 Å². The van der Waals surface area contributed by atoms with Gasteiger partial charge in [0.1, 0.15) is 0 Å². The Bertz CT molecular complexity index is 872. The summed E-state index contributed by atoms with van der Waals surface area (Å²) in [7, 11) is 1.89. The van der Waals surface area contributed by atoms with E-state index in [-0.39, 0.29) is 0 Å². The van der Waals surface area contributed by atoms with Gasteiger partial charge in [-0.05, 0) is 29.3 Å². The van der Waals surface area contributed by atoms with Crippen LogP contribution in [0.25, 0.3) is 10.9 Å². The van der Waals surface area contributed by atoms with Gasteiger partial charge in [-0.3, -0.25) is 9.48 Å². The first-order valence-electron chi connectivity index (χ1n) is 7.22. The SMILES string of the molecule is Cn1nc(N2Cc3ccccc3C2)c2ccc(C(N)=O)cc21. The fraction of sp³-hybridized carbons (Fsp3) is 0.176. The first-order valence-corrected chi connectivity index (χ1v) is 7.22. The number of nitrogens with zero attached hydrogens (tertiary/aromatic N) is 3. The molecule has 5 heteroatoms. The average molecular weight is 292 g/mol. The number of aromatic nitrogens is 2. The first kappa shape index (κ1) is 12.9. The lowest BCUT2D eigenvalue weighted by Gasteiger charge is -2.14. The van der Waals surface area contributed by atoms with Crippen LogP contribution in [0.15, 0.2) is 42.5 Å². The number of carbonyl (C=O) groups excluding carboxylic acids is 1. The molecule has 22 heavy (non-hydrogen) atoms. The second kappa shape index (κ2) is 4.59. The first-order chi connectivity index (χ1) is 10.6. The van der Waals surface area contributed by atoms with E-state index in [2.05, 4.69) is 34.3 Å². The van der Waals surface area contributed by atoms with Crippen LogP contribution < -0.4 is 10.6 Å². The lowest BCUT2D eigenvalue weighted by atomic mass is 10.1. The lowest BCUT2D eigenvalue weighted by molar-refractivity contribution is 0.100. The summed E-state index contributed by atoms with van der Waals surface area (Å²) in [5.74, 6) is 0.531. The molecule has 4 rings (SSSR count). The summed E-state index contributed by atoms with van der Waals surface area (Å²) in [6.45, 7) is 1.72. The van der Waals surface area contributed by atoms with Crippen molar-refractivity contribution >= 4 is 22.6 Å². The van der Waals surface area contributed by atoms with Crippen LogP contribution in [0.3, 0.4) is 0 Å². The number of benzene rings is 2. The van der Waals surface area contributed by atoms with Crippen LogP contribution in [0.2, 0.25) is 0 Å². The largest absolute Gasteiger partial charge is 0.366 e. The fourth-order valence-corrected chi connectivity index (χ4v) is 3.11. The van der Waals surface area contributed by atoms with Crippen LogP contribution in [0.1, 0.15) is 21.5 Å². The zero-order valence-electron chi connectivity index (χ0n) is 12.3. The maximum absolute atomic E-state index is 11.3. The van der Waals surface area contributed by atoms with Crippen LogP contribution in [-0.4, -0.2) is 15.7 Å². The Labute approximate surface area is 127 Å². The highest BCUT2D eigenvalue weighted by Crippen LogP contribution is 2.32. The molecule has 0 aliphatic carbocycles. The topological polar surface area (TPSA) is 64.2 Å². The summed E-state index contributed by atoms with van der Waals surface area (Å²) in [4.78, 5) is 13.6. The number of anilines is 1. The lowest BCUT2D eigenvalue weighted by Crippen LogP contribution is -2.15. The third-order valence-corrected chi connectivity index (χ3v) is 4.26. The predicted molar refractivity (Wildman–Crippen MR) is 85.6 cm³/mol. The molecular formula is C17H16N4O. The average Bonchev–Trinajstić information content (AvgIpc) is 3.08. The molecule has 1 aliphatic rings. The molecule has 0 atom stereocenters. The van der Waals surface area contributed by atoms with Crippen molar-refractivity contribution in [3.8, 4) is 0 Å². The monoisotopic (exact) mass is 292 g/mol. The smallest absolute Gasteiger partial charge is 0.248 e. The number of carbonyl (C=O) groups is 1. The highest BCUT2D eigenvalue weighted by molar-refractivity contribution is 5.99. The van der Waals surface area contributed by atoms with Crippen molar-refractivity contribution in [1.29, 1.82) is 0 Å². The summed E-state index contributed by atoms with van der Waals surface area (Å²) < 4.78 is 1.81. The molecule has 0 fully saturated rings. The molecule has 0 unspecified atom stereocenters. The van der Waals surface area contributed by atoms with Gasteiger partial charge in [0.25, 0.3) is 0 Å². The van der Waals surface area contributed by atoms with Gasteiger partial charge in [-0.2, -0.15) is 5.10 Å². The van der Waals surface area contributed by atoms with Crippen molar-refractivity contribution in [2.45, 2.75) is 13.1 Å². The van der Waals surface area contributed by atoms with Gasteiger partial charge in [0.15, 0.2) is 5.82 Å². The van der Waals surface area contributed by atoms with E-state index in [0.29, 0.717) is 5.56 Å². The molecule has 110 valence electrons. The third-order valence-electron chi connectivity index (χ3n) is 4.26. The van der Waals surface area contributed by atoms with Gasteiger partial charge in [0, 0.05) is 31.1 Å². The predicted octanol–water partition coefficient (Wildman–Crippen LogP) is 2.19. The molecule has 0 spiro atoms. The Balaban J connectivity index is 1.79. The molecule has 1 aromatic heterocycles. The molecule has 0 saturated heterocycles. The van der Waals surface area contributed by atoms with E-state index in [1.807, 2.05) is 13.1 Å². The number of primary amides is 1. The number of aryl methyl sites for hydroxylation is 1. The second-order valence-electron chi connectivity index (χ2n) is 5.67. The number of hydrogen-bond acceptors (Lipinski definition) is 3. The molecule has 0 bridgehead atoms. The van der Waals surface area contributed by atoms with Gasteiger partial charge in [-0.25, -0.2) is 0 Å². The van der Waals surface area contributed by atoms with Gasteiger partial charge in [-0.15, -0.1) is 0 Å². The second-order valence-corrected chi connectivity index (χ2v) is 5.67. The summed E-state index contributed by atoms with van der Waals surface area (Å²) in [5.41, 5.74) is 9.47. The van der Waals surface area contributed by atoms with E-state index in [4.69, 9.17) is 5.73 Å². The van der Waals surface area contributed by atoms with Crippen molar-refractivity contribution in [2.24, 2.45) is 12.8 Å². The number of rotatable bonds is 2. The van der Waals surface area contributed by atoms with Crippen molar-refractivity contribution in [3.05, 3.63) is 59.2 Å². The van der Waals surface area contributed by atoms with Crippen LogP contribution in [0, 0.1) is 0 Å². The van der Waals surface area contributed by atoms with E-state index in [1.165, 1.54) is 11.1 Å². The van der Waals surface area contributed by atoms with Crippen molar-refractivity contribution in [2.75, 3.05) is 4.90 Å². The number of amides is 1. The Morgan fingerprint density at radius 3 is 2.45 bits per heavy atom. The summed E-state index contributed by atoms with van der Waals surface area (Å²) in [5, 5.41) is 5.69. The van der Waals surface area contributed by atoms with Gasteiger partial charge in [-0.1, -0.05) is 24.3 Å². The fourth-order valence-electron chi connectivity index (χ4n) is 3.11. The Hall–Kier alpha value is -2.82. The molecular weight excluding hydrogens is 276 g/mol. The number of nitrogens with two attached hydrogens (primary N) is 1. The van der Waals surface area contributed by atoms with Crippen molar-refractivity contribution in [3.63, 3.8) is 0 Å². The Morgan fingerprint density at radius 1 is 1.14 bits per heavy atom. The third kappa shape index (κ3) is 1.86. The summed E-state index contributed by atoms with van der Waals surface area (Å²) in [6.07, 6.45) is 0. The molecule has 2 aromatic carbocycles. The molecule has 2 heterocycles. The number of fused-ring (bicyclic) bond motifs is 2. The van der Waals surface area contributed by atoms with E-state index in [9.17, 15) is 4.79 Å². The summed E-state index contributed by atoms with van der Waals surface area (Å²) in [6, 6.07) is 13.9. The van der Waals surface area contributed by atoms with E-state index in [0.717, 1.165) is 29.8 Å². The molecule has 3 aromatic rings. The molecule has 1 amide bonds. The van der Waals surface area contributed by atoms with E-state index >= 15 is 0 Å². The molecule has 0 radical (unpaired) electrons. The molecule has 0 saturated carbocycles. The molecule has 2 N–H and O–H groups in total. The van der Waals surface area contributed by atoms with Gasteiger partial charge in [0.05, 0.1) is 5.52 Å². The Morgan fingerprint density at radius 2 is 1.82 bits per heavy atom. The minimum Gasteiger partial charge on any atom is -0.366 e. The quantitative estimate of drug-likeness (QED) is 0.787.